The molecule has 1 atom stereocenters. The Morgan fingerprint density at radius 1 is 1.12 bits per heavy atom. The predicted molar refractivity (Wildman–Crippen MR) is 95.5 cm³/mol. The molecule has 0 saturated carbocycles. The fourth-order valence-corrected chi connectivity index (χ4v) is 3.80. The molecule has 1 fully saturated rings. The van der Waals surface area contributed by atoms with Crippen LogP contribution in [0.15, 0.2) is 48.8 Å². The van der Waals surface area contributed by atoms with Gasteiger partial charge in [-0.3, -0.25) is 15.1 Å². The van der Waals surface area contributed by atoms with Crippen LogP contribution in [-0.4, -0.2) is 42.0 Å². The van der Waals surface area contributed by atoms with Crippen LogP contribution in [0.5, 0.6) is 5.75 Å². The number of fused-ring (bicyclic) bond motifs is 1. The maximum atomic E-state index is 13.1. The van der Waals surface area contributed by atoms with Gasteiger partial charge in [-0.25, -0.2) is 0 Å². The Labute approximate surface area is 148 Å². The number of carbonyl (C=O) groups excluding carboxylic acids is 1. The van der Waals surface area contributed by atoms with E-state index in [2.05, 4.69) is 22.4 Å². The van der Waals surface area contributed by atoms with E-state index in [1.54, 1.807) is 0 Å². The molecule has 0 spiro atoms. The lowest BCUT2D eigenvalue weighted by Gasteiger charge is -2.34. The molecule has 5 nitrogen and oxygen atoms in total. The zero-order chi connectivity index (χ0) is 17.1. The van der Waals surface area contributed by atoms with Gasteiger partial charge in [-0.2, -0.15) is 0 Å². The molecule has 130 valence electrons. The number of carbonyl (C=O) groups is 1. The monoisotopic (exact) mass is 337 g/mol. The molecular weight excluding hydrogens is 314 g/mol. The third-order valence-corrected chi connectivity index (χ3v) is 5.17. The minimum Gasteiger partial charge on any atom is -0.492 e. The van der Waals surface area contributed by atoms with Gasteiger partial charge in [0, 0.05) is 37.6 Å². The van der Waals surface area contributed by atoms with Gasteiger partial charge in [-0.05, 0) is 42.5 Å². The van der Waals surface area contributed by atoms with Crippen LogP contribution in [0.4, 0.5) is 0 Å². The first-order valence-electron chi connectivity index (χ1n) is 8.97. The SMILES string of the molecule is O=C(C1NCCOc2ccccc21)N1CCC(c2ccncc2)CC1. The van der Waals surface area contributed by atoms with Gasteiger partial charge in [0.1, 0.15) is 18.4 Å². The molecular formula is C20H23N3O2. The zero-order valence-electron chi connectivity index (χ0n) is 14.2. The number of piperidine rings is 1. The number of hydrogen-bond donors (Lipinski definition) is 1. The second kappa shape index (κ2) is 7.23. The van der Waals surface area contributed by atoms with E-state index in [1.807, 2.05) is 41.6 Å². The second-order valence-corrected chi connectivity index (χ2v) is 6.65. The smallest absolute Gasteiger partial charge is 0.244 e. The zero-order valence-corrected chi connectivity index (χ0v) is 14.2. The molecule has 5 heteroatoms. The summed E-state index contributed by atoms with van der Waals surface area (Å²) in [7, 11) is 0. The van der Waals surface area contributed by atoms with E-state index in [0.717, 1.165) is 37.2 Å². The Morgan fingerprint density at radius 3 is 2.68 bits per heavy atom. The van der Waals surface area contributed by atoms with Crippen LogP contribution in [-0.2, 0) is 4.79 Å². The predicted octanol–water partition coefficient (Wildman–Crippen LogP) is 2.51. The number of likely N-dealkylation sites (tertiary alicyclic amines) is 1. The largest absolute Gasteiger partial charge is 0.492 e. The number of benzene rings is 1. The Kier molecular flexibility index (Phi) is 4.65. The van der Waals surface area contributed by atoms with E-state index in [0.29, 0.717) is 19.1 Å². The molecule has 1 unspecified atom stereocenters. The van der Waals surface area contributed by atoms with Gasteiger partial charge in [-0.1, -0.05) is 18.2 Å². The summed E-state index contributed by atoms with van der Waals surface area (Å²) in [6, 6.07) is 11.7. The summed E-state index contributed by atoms with van der Waals surface area (Å²) in [4.78, 5) is 19.2. The van der Waals surface area contributed by atoms with Gasteiger partial charge in [0.25, 0.3) is 0 Å². The number of nitrogens with one attached hydrogen (secondary N) is 1. The quantitative estimate of drug-likeness (QED) is 0.915. The number of pyridine rings is 1. The third kappa shape index (κ3) is 3.37. The lowest BCUT2D eigenvalue weighted by molar-refractivity contribution is -0.134. The molecule has 25 heavy (non-hydrogen) atoms. The van der Waals surface area contributed by atoms with E-state index in [1.165, 1.54) is 5.56 Å². The molecule has 1 aromatic heterocycles. The summed E-state index contributed by atoms with van der Waals surface area (Å²) in [5.74, 6) is 1.49. The highest BCUT2D eigenvalue weighted by atomic mass is 16.5. The molecule has 2 aromatic rings. The highest BCUT2D eigenvalue weighted by Gasteiger charge is 2.32. The summed E-state index contributed by atoms with van der Waals surface area (Å²) >= 11 is 0. The molecule has 0 bridgehead atoms. The molecule has 1 N–H and O–H groups in total. The van der Waals surface area contributed by atoms with Crippen LogP contribution in [0.1, 0.15) is 35.9 Å². The van der Waals surface area contributed by atoms with Gasteiger partial charge in [0.15, 0.2) is 0 Å². The van der Waals surface area contributed by atoms with E-state index in [-0.39, 0.29) is 11.9 Å². The van der Waals surface area contributed by atoms with Crippen LogP contribution >= 0.6 is 0 Å². The Hall–Kier alpha value is -2.40. The first-order chi connectivity index (χ1) is 12.3. The van der Waals surface area contributed by atoms with E-state index >= 15 is 0 Å². The molecule has 0 aliphatic carbocycles. The van der Waals surface area contributed by atoms with Crippen LogP contribution < -0.4 is 10.1 Å². The minimum absolute atomic E-state index is 0.158. The van der Waals surface area contributed by atoms with Crippen molar-refractivity contribution >= 4 is 5.91 Å². The lowest BCUT2D eigenvalue weighted by atomic mass is 9.89. The van der Waals surface area contributed by atoms with Crippen molar-refractivity contribution in [1.82, 2.24) is 15.2 Å². The summed E-state index contributed by atoms with van der Waals surface area (Å²) in [5, 5.41) is 3.35. The number of para-hydroxylation sites is 1. The van der Waals surface area contributed by atoms with E-state index in [4.69, 9.17) is 4.74 Å². The molecule has 1 saturated heterocycles. The first-order valence-corrected chi connectivity index (χ1v) is 8.97. The number of hydrogen-bond acceptors (Lipinski definition) is 4. The molecule has 0 radical (unpaired) electrons. The third-order valence-electron chi connectivity index (χ3n) is 5.17. The number of amides is 1. The fraction of sp³-hybridized carbons (Fsp3) is 0.400. The number of aromatic nitrogens is 1. The summed E-state index contributed by atoms with van der Waals surface area (Å²) < 4.78 is 5.75. The average molecular weight is 337 g/mol. The number of nitrogens with zero attached hydrogens (tertiary/aromatic N) is 2. The Balaban J connectivity index is 1.46. The number of rotatable bonds is 2. The molecule has 3 heterocycles. The maximum Gasteiger partial charge on any atom is 0.244 e. The van der Waals surface area contributed by atoms with Gasteiger partial charge in [-0.15, -0.1) is 0 Å². The molecule has 1 aromatic carbocycles. The van der Waals surface area contributed by atoms with Crippen molar-refractivity contribution in [2.24, 2.45) is 0 Å². The average Bonchev–Trinajstić information content (AvgIpc) is 2.91. The lowest BCUT2D eigenvalue weighted by Crippen LogP contribution is -2.44. The van der Waals surface area contributed by atoms with Crippen molar-refractivity contribution in [3.8, 4) is 5.75 Å². The Bertz CT molecular complexity index is 727. The van der Waals surface area contributed by atoms with Crippen molar-refractivity contribution < 1.29 is 9.53 Å². The van der Waals surface area contributed by atoms with Crippen LogP contribution in [0.2, 0.25) is 0 Å². The van der Waals surface area contributed by atoms with Crippen molar-refractivity contribution in [1.29, 1.82) is 0 Å². The van der Waals surface area contributed by atoms with Crippen LogP contribution in [0, 0.1) is 0 Å². The second-order valence-electron chi connectivity index (χ2n) is 6.65. The van der Waals surface area contributed by atoms with E-state index < -0.39 is 0 Å². The van der Waals surface area contributed by atoms with Crippen LogP contribution in [0.3, 0.4) is 0 Å². The van der Waals surface area contributed by atoms with Crippen molar-refractivity contribution in [2.75, 3.05) is 26.2 Å². The van der Waals surface area contributed by atoms with Crippen molar-refractivity contribution in [3.63, 3.8) is 0 Å². The highest BCUT2D eigenvalue weighted by molar-refractivity contribution is 5.84. The molecule has 1 amide bonds. The number of ether oxygens (including phenoxy) is 1. The minimum atomic E-state index is -0.309. The van der Waals surface area contributed by atoms with Gasteiger partial charge >= 0.3 is 0 Å². The fourth-order valence-electron chi connectivity index (χ4n) is 3.80. The summed E-state index contributed by atoms with van der Waals surface area (Å²) in [6.07, 6.45) is 5.69. The Morgan fingerprint density at radius 2 is 1.88 bits per heavy atom. The summed E-state index contributed by atoms with van der Waals surface area (Å²) in [6.45, 7) is 2.86. The van der Waals surface area contributed by atoms with Gasteiger partial charge < -0.3 is 9.64 Å². The topological polar surface area (TPSA) is 54.5 Å². The standard InChI is InChI=1S/C20H23N3O2/c24-20(19-17-3-1-2-4-18(17)25-14-11-22-19)23-12-7-16(8-13-23)15-5-9-21-10-6-15/h1-6,9-10,16,19,22H,7-8,11-14H2. The van der Waals surface area contributed by atoms with Crippen LogP contribution in [0.25, 0.3) is 0 Å². The maximum absolute atomic E-state index is 13.1. The van der Waals surface area contributed by atoms with Crippen molar-refractivity contribution in [3.05, 3.63) is 59.9 Å². The highest BCUT2D eigenvalue weighted by Crippen LogP contribution is 2.32. The normalized spacial score (nSPS) is 21.1. The molecule has 2 aliphatic rings. The van der Waals surface area contributed by atoms with Gasteiger partial charge in [0.05, 0.1) is 0 Å². The molecule has 2 aliphatic heterocycles. The molecule has 4 rings (SSSR count). The van der Waals surface area contributed by atoms with Gasteiger partial charge in [0.2, 0.25) is 5.91 Å². The summed E-state index contributed by atoms with van der Waals surface area (Å²) in [5.41, 5.74) is 2.27. The first kappa shape index (κ1) is 16.1. The van der Waals surface area contributed by atoms with Crippen molar-refractivity contribution in [2.45, 2.75) is 24.8 Å². The van der Waals surface area contributed by atoms with E-state index in [9.17, 15) is 4.79 Å².